The number of hydrogen-bond acceptors (Lipinski definition) is 4. The van der Waals surface area contributed by atoms with E-state index < -0.39 is 0 Å². The molecular formula is C21H31N5O. The molecule has 2 saturated heterocycles. The molecule has 2 aliphatic heterocycles. The Bertz CT molecular complexity index is 844. The smallest absolute Gasteiger partial charge is 0.252 e. The van der Waals surface area contributed by atoms with Crippen molar-refractivity contribution in [3.63, 3.8) is 0 Å². The van der Waals surface area contributed by atoms with E-state index >= 15 is 0 Å². The van der Waals surface area contributed by atoms with Crippen LogP contribution >= 0.6 is 0 Å². The van der Waals surface area contributed by atoms with Crippen LogP contribution in [0.3, 0.4) is 0 Å². The Labute approximate surface area is 161 Å². The van der Waals surface area contributed by atoms with E-state index in [0.717, 1.165) is 60.2 Å². The first kappa shape index (κ1) is 18.4. The highest BCUT2D eigenvalue weighted by Crippen LogP contribution is 2.34. The maximum Gasteiger partial charge on any atom is 0.252 e. The number of hydrogen-bond donors (Lipinski definition) is 1. The van der Waals surface area contributed by atoms with E-state index in [1.807, 2.05) is 24.6 Å². The van der Waals surface area contributed by atoms with Crippen LogP contribution in [0.15, 0.2) is 6.07 Å². The minimum Gasteiger partial charge on any atom is -0.349 e. The van der Waals surface area contributed by atoms with Gasteiger partial charge in [0.25, 0.3) is 5.91 Å². The molecular weight excluding hydrogens is 338 g/mol. The number of fused-ring (bicyclic) bond motifs is 3. The third-order valence-electron chi connectivity index (χ3n) is 6.41. The fourth-order valence-corrected chi connectivity index (χ4v) is 4.91. The Kier molecular flexibility index (Phi) is 4.93. The third kappa shape index (κ3) is 3.35. The summed E-state index contributed by atoms with van der Waals surface area (Å²) in [4.78, 5) is 20.4. The zero-order valence-corrected chi connectivity index (χ0v) is 17.0. The number of nitrogens with zero attached hydrogens (tertiary/aromatic N) is 4. The van der Waals surface area contributed by atoms with Crippen LogP contribution < -0.4 is 5.32 Å². The van der Waals surface area contributed by atoms with Gasteiger partial charge in [0.15, 0.2) is 5.65 Å². The van der Waals surface area contributed by atoms with Crippen molar-refractivity contribution in [2.24, 2.45) is 0 Å². The lowest BCUT2D eigenvalue weighted by Gasteiger charge is -2.36. The van der Waals surface area contributed by atoms with E-state index in [2.05, 4.69) is 29.3 Å². The Balaban J connectivity index is 1.61. The first-order valence-corrected chi connectivity index (χ1v) is 10.4. The number of aromatic nitrogens is 3. The molecule has 0 spiro atoms. The standard InChI is InChI=1S/C21H31N5O/c1-5-6-9-26-20-19(14(3)24-26)18(10-13(2)22-20)21(27)23-15-11-16-7-8-17(12-15)25(16)4/h10,15-17H,5-9,11-12H2,1-4H3,(H,23,27)/t16-,17-/m1/s1. The molecule has 2 aliphatic rings. The summed E-state index contributed by atoms with van der Waals surface area (Å²) in [6.07, 6.45) is 6.80. The number of carbonyl (C=O) groups excluding carboxylic acids is 1. The van der Waals surface area contributed by atoms with Crippen LogP contribution in [0, 0.1) is 13.8 Å². The molecule has 0 saturated carbocycles. The average molecular weight is 370 g/mol. The van der Waals surface area contributed by atoms with Crippen molar-refractivity contribution in [2.75, 3.05) is 7.05 Å². The van der Waals surface area contributed by atoms with Gasteiger partial charge in [-0.05, 0) is 59.1 Å². The molecule has 2 fully saturated rings. The molecule has 6 heteroatoms. The highest BCUT2D eigenvalue weighted by molar-refractivity contribution is 6.06. The van der Waals surface area contributed by atoms with Gasteiger partial charge in [-0.2, -0.15) is 5.10 Å². The molecule has 2 atom stereocenters. The van der Waals surface area contributed by atoms with Gasteiger partial charge in [-0.25, -0.2) is 9.67 Å². The fourth-order valence-electron chi connectivity index (χ4n) is 4.91. The summed E-state index contributed by atoms with van der Waals surface area (Å²) < 4.78 is 1.97. The third-order valence-corrected chi connectivity index (χ3v) is 6.41. The number of pyridine rings is 1. The van der Waals surface area contributed by atoms with Crippen molar-refractivity contribution in [3.05, 3.63) is 23.0 Å². The summed E-state index contributed by atoms with van der Waals surface area (Å²) in [7, 11) is 2.23. The maximum atomic E-state index is 13.2. The highest BCUT2D eigenvalue weighted by atomic mass is 16.1. The predicted octanol–water partition coefficient (Wildman–Crippen LogP) is 3.20. The lowest BCUT2D eigenvalue weighted by molar-refractivity contribution is 0.0884. The molecule has 4 rings (SSSR count). The van der Waals surface area contributed by atoms with Crippen molar-refractivity contribution < 1.29 is 4.79 Å². The summed E-state index contributed by atoms with van der Waals surface area (Å²) in [5.41, 5.74) is 3.33. The second kappa shape index (κ2) is 7.23. The van der Waals surface area contributed by atoms with Crippen molar-refractivity contribution in [1.29, 1.82) is 0 Å². The van der Waals surface area contributed by atoms with Crippen LogP contribution in [-0.2, 0) is 6.54 Å². The minimum atomic E-state index is 0.0256. The van der Waals surface area contributed by atoms with Gasteiger partial charge in [-0.1, -0.05) is 13.3 Å². The van der Waals surface area contributed by atoms with Crippen LogP contribution in [0.4, 0.5) is 0 Å². The van der Waals surface area contributed by atoms with E-state index in [0.29, 0.717) is 12.1 Å². The van der Waals surface area contributed by atoms with Crippen LogP contribution in [0.2, 0.25) is 0 Å². The quantitative estimate of drug-likeness (QED) is 0.879. The average Bonchev–Trinajstić information content (AvgIpc) is 3.03. The van der Waals surface area contributed by atoms with Crippen molar-refractivity contribution >= 4 is 16.9 Å². The van der Waals surface area contributed by atoms with Gasteiger partial charge < -0.3 is 10.2 Å². The molecule has 1 N–H and O–H groups in total. The lowest BCUT2D eigenvalue weighted by Crippen LogP contribution is -2.48. The van der Waals surface area contributed by atoms with E-state index in [4.69, 9.17) is 4.98 Å². The molecule has 2 bridgehead atoms. The molecule has 27 heavy (non-hydrogen) atoms. The second-order valence-corrected chi connectivity index (χ2v) is 8.36. The number of piperidine rings is 1. The molecule has 0 unspecified atom stereocenters. The topological polar surface area (TPSA) is 63.1 Å². The molecule has 1 amide bonds. The van der Waals surface area contributed by atoms with Gasteiger partial charge in [0.05, 0.1) is 16.6 Å². The molecule has 0 aliphatic carbocycles. The lowest BCUT2D eigenvalue weighted by atomic mass is 9.97. The number of aryl methyl sites for hydroxylation is 3. The van der Waals surface area contributed by atoms with E-state index in [-0.39, 0.29) is 11.9 Å². The van der Waals surface area contributed by atoms with Crippen molar-refractivity contribution in [1.82, 2.24) is 25.0 Å². The Morgan fingerprint density at radius 3 is 2.63 bits per heavy atom. The summed E-state index contributed by atoms with van der Waals surface area (Å²) in [5.74, 6) is 0.0256. The van der Waals surface area contributed by atoms with Gasteiger partial charge in [0, 0.05) is 30.4 Å². The second-order valence-electron chi connectivity index (χ2n) is 8.36. The Hall–Kier alpha value is -1.95. The normalized spacial score (nSPS) is 25.3. The number of carbonyl (C=O) groups is 1. The van der Waals surface area contributed by atoms with Gasteiger partial charge in [-0.15, -0.1) is 0 Å². The maximum absolute atomic E-state index is 13.2. The Morgan fingerprint density at radius 2 is 1.96 bits per heavy atom. The van der Waals surface area contributed by atoms with Gasteiger partial charge >= 0.3 is 0 Å². The van der Waals surface area contributed by atoms with Crippen molar-refractivity contribution in [2.45, 2.75) is 84.0 Å². The summed E-state index contributed by atoms with van der Waals surface area (Å²) in [6, 6.07) is 3.42. The number of amides is 1. The zero-order chi connectivity index (χ0) is 19.1. The van der Waals surface area contributed by atoms with E-state index in [1.165, 1.54) is 12.8 Å². The van der Waals surface area contributed by atoms with Gasteiger partial charge in [0.2, 0.25) is 0 Å². The van der Waals surface area contributed by atoms with Crippen LogP contribution in [0.5, 0.6) is 0 Å². The number of nitrogens with one attached hydrogen (secondary N) is 1. The summed E-state index contributed by atoms with van der Waals surface area (Å²) >= 11 is 0. The largest absolute Gasteiger partial charge is 0.349 e. The predicted molar refractivity (Wildman–Crippen MR) is 107 cm³/mol. The van der Waals surface area contributed by atoms with Crippen LogP contribution in [-0.4, -0.2) is 50.7 Å². The molecule has 146 valence electrons. The molecule has 2 aromatic heterocycles. The monoisotopic (exact) mass is 369 g/mol. The highest BCUT2D eigenvalue weighted by Gasteiger charge is 2.39. The number of unbranched alkanes of at least 4 members (excludes halogenated alkanes) is 1. The molecule has 4 heterocycles. The molecule has 0 aromatic carbocycles. The van der Waals surface area contributed by atoms with Crippen molar-refractivity contribution in [3.8, 4) is 0 Å². The summed E-state index contributed by atoms with van der Waals surface area (Å²) in [6.45, 7) is 6.95. The SMILES string of the molecule is CCCCn1nc(C)c2c(C(=O)NC3C[C@H]4CC[C@H](C3)N4C)cc(C)nc21. The van der Waals surface area contributed by atoms with Gasteiger partial charge in [-0.3, -0.25) is 4.79 Å². The zero-order valence-electron chi connectivity index (χ0n) is 17.0. The molecule has 0 radical (unpaired) electrons. The Morgan fingerprint density at radius 1 is 1.26 bits per heavy atom. The van der Waals surface area contributed by atoms with Crippen LogP contribution in [0.25, 0.3) is 11.0 Å². The fraction of sp³-hybridized carbons (Fsp3) is 0.667. The summed E-state index contributed by atoms with van der Waals surface area (Å²) in [5, 5.41) is 8.90. The van der Waals surface area contributed by atoms with E-state index in [9.17, 15) is 4.79 Å². The minimum absolute atomic E-state index is 0.0256. The molecule has 2 aromatic rings. The van der Waals surface area contributed by atoms with Gasteiger partial charge in [0.1, 0.15) is 0 Å². The van der Waals surface area contributed by atoms with E-state index in [1.54, 1.807) is 0 Å². The first-order valence-electron chi connectivity index (χ1n) is 10.4. The molecule has 6 nitrogen and oxygen atoms in total. The van der Waals surface area contributed by atoms with Crippen LogP contribution in [0.1, 0.15) is 67.2 Å². The number of rotatable bonds is 5. The first-order chi connectivity index (χ1) is 13.0.